The summed E-state index contributed by atoms with van der Waals surface area (Å²) in [6, 6.07) is 6.60. The van der Waals surface area contributed by atoms with Gasteiger partial charge >= 0.3 is 0 Å². The van der Waals surface area contributed by atoms with Crippen molar-refractivity contribution in [3.63, 3.8) is 0 Å². The lowest BCUT2D eigenvalue weighted by molar-refractivity contribution is 0.151. The molecule has 2 rings (SSSR count). The first-order chi connectivity index (χ1) is 10.2. The van der Waals surface area contributed by atoms with Gasteiger partial charge in [-0.3, -0.25) is 4.90 Å². The van der Waals surface area contributed by atoms with Gasteiger partial charge in [0.15, 0.2) is 0 Å². The van der Waals surface area contributed by atoms with Crippen molar-refractivity contribution in [2.24, 2.45) is 5.92 Å². The maximum atomic E-state index is 5.62. The minimum absolute atomic E-state index is 0.410. The molecule has 1 fully saturated rings. The monoisotopic (exact) mass is 292 g/mol. The predicted octanol–water partition coefficient (Wildman–Crippen LogP) is 2.70. The van der Waals surface area contributed by atoms with E-state index in [1.165, 1.54) is 5.56 Å². The van der Waals surface area contributed by atoms with E-state index in [9.17, 15) is 0 Å². The lowest BCUT2D eigenvalue weighted by Crippen LogP contribution is -2.45. The van der Waals surface area contributed by atoms with Gasteiger partial charge < -0.3 is 14.8 Å². The molecule has 0 bridgehead atoms. The van der Waals surface area contributed by atoms with Crippen LogP contribution in [0.2, 0.25) is 0 Å². The molecule has 1 N–H and O–H groups in total. The molecule has 1 aromatic rings. The molecule has 118 valence electrons. The van der Waals surface area contributed by atoms with Crippen molar-refractivity contribution < 1.29 is 9.47 Å². The molecule has 4 heteroatoms. The van der Waals surface area contributed by atoms with Crippen LogP contribution in [0.25, 0.3) is 0 Å². The Morgan fingerprint density at radius 1 is 1.14 bits per heavy atom. The van der Waals surface area contributed by atoms with Crippen LogP contribution in [0.1, 0.15) is 31.9 Å². The van der Waals surface area contributed by atoms with Gasteiger partial charge in [0.05, 0.1) is 14.2 Å². The normalized spacial score (nSPS) is 17.8. The molecule has 1 saturated heterocycles. The van der Waals surface area contributed by atoms with E-state index < -0.39 is 0 Å². The Morgan fingerprint density at radius 3 is 2.43 bits per heavy atom. The molecule has 1 heterocycles. The Bertz CT molecular complexity index is 442. The van der Waals surface area contributed by atoms with Crippen LogP contribution in [0.4, 0.5) is 0 Å². The molecular weight excluding hydrogens is 264 g/mol. The summed E-state index contributed by atoms with van der Waals surface area (Å²) >= 11 is 0. The molecule has 0 aliphatic carbocycles. The molecule has 0 radical (unpaired) electrons. The lowest BCUT2D eigenvalue weighted by atomic mass is 9.94. The van der Waals surface area contributed by atoms with Crippen LogP contribution in [0.15, 0.2) is 18.2 Å². The minimum Gasteiger partial charge on any atom is -0.497 e. The van der Waals surface area contributed by atoms with Crippen LogP contribution < -0.4 is 14.8 Å². The van der Waals surface area contributed by atoms with Gasteiger partial charge in [-0.05, 0) is 18.4 Å². The number of nitrogens with zero attached hydrogens (tertiary/aromatic N) is 1. The highest BCUT2D eigenvalue weighted by atomic mass is 16.5. The second-order valence-electron chi connectivity index (χ2n) is 6.04. The summed E-state index contributed by atoms with van der Waals surface area (Å²) in [4.78, 5) is 2.57. The van der Waals surface area contributed by atoms with Gasteiger partial charge in [-0.1, -0.05) is 19.9 Å². The summed E-state index contributed by atoms with van der Waals surface area (Å²) in [5.74, 6) is 2.43. The van der Waals surface area contributed by atoms with E-state index in [1.807, 2.05) is 12.1 Å². The number of methoxy groups -OCH3 is 2. The fraction of sp³-hybridized carbons (Fsp3) is 0.647. The van der Waals surface area contributed by atoms with Gasteiger partial charge in [-0.2, -0.15) is 0 Å². The largest absolute Gasteiger partial charge is 0.497 e. The Balaban J connectivity index is 2.30. The number of hydrogen-bond donors (Lipinski definition) is 1. The number of nitrogens with one attached hydrogen (secondary N) is 1. The first-order valence-electron chi connectivity index (χ1n) is 7.82. The van der Waals surface area contributed by atoms with Crippen LogP contribution in [-0.4, -0.2) is 45.3 Å². The van der Waals surface area contributed by atoms with E-state index in [4.69, 9.17) is 9.47 Å². The van der Waals surface area contributed by atoms with Crippen molar-refractivity contribution in [3.8, 4) is 11.5 Å². The first-order valence-corrected chi connectivity index (χ1v) is 7.82. The van der Waals surface area contributed by atoms with Gasteiger partial charge in [0.2, 0.25) is 0 Å². The molecule has 0 amide bonds. The summed E-state index contributed by atoms with van der Waals surface area (Å²) < 4.78 is 10.9. The number of ether oxygens (including phenoxy) is 2. The van der Waals surface area contributed by atoms with Crippen LogP contribution in [0.5, 0.6) is 11.5 Å². The molecule has 0 saturated carbocycles. The highest BCUT2D eigenvalue weighted by Gasteiger charge is 2.25. The molecule has 1 aromatic carbocycles. The SMILES string of the molecule is COc1ccc([C@H](CC(C)C)N2CCNCC2)c(OC)c1. The fourth-order valence-corrected chi connectivity index (χ4v) is 3.01. The number of piperazine rings is 1. The summed E-state index contributed by atoms with van der Waals surface area (Å²) in [5, 5.41) is 3.43. The van der Waals surface area contributed by atoms with Crippen molar-refractivity contribution >= 4 is 0 Å². The van der Waals surface area contributed by atoms with Crippen molar-refractivity contribution in [1.29, 1.82) is 0 Å². The minimum atomic E-state index is 0.410. The van der Waals surface area contributed by atoms with E-state index in [0.29, 0.717) is 12.0 Å². The van der Waals surface area contributed by atoms with E-state index in [-0.39, 0.29) is 0 Å². The molecule has 21 heavy (non-hydrogen) atoms. The van der Waals surface area contributed by atoms with Gasteiger partial charge in [-0.25, -0.2) is 0 Å². The van der Waals surface area contributed by atoms with E-state index in [0.717, 1.165) is 44.1 Å². The van der Waals surface area contributed by atoms with Crippen molar-refractivity contribution in [2.45, 2.75) is 26.3 Å². The summed E-state index contributed by atoms with van der Waals surface area (Å²) in [5.41, 5.74) is 1.27. The standard InChI is InChI=1S/C17H28N2O2/c1-13(2)11-16(19-9-7-18-8-10-19)15-6-5-14(20-3)12-17(15)21-4/h5-6,12-13,16,18H,7-11H2,1-4H3/t16-/m0/s1. The lowest BCUT2D eigenvalue weighted by Gasteiger charge is -2.36. The predicted molar refractivity (Wildman–Crippen MR) is 86.2 cm³/mol. The molecule has 1 aliphatic heterocycles. The van der Waals surface area contributed by atoms with Crippen LogP contribution in [0.3, 0.4) is 0 Å². The van der Waals surface area contributed by atoms with Crippen molar-refractivity contribution in [2.75, 3.05) is 40.4 Å². The molecule has 4 nitrogen and oxygen atoms in total. The Hall–Kier alpha value is -1.26. The Kier molecular flexibility index (Phi) is 5.88. The van der Waals surface area contributed by atoms with Crippen molar-refractivity contribution in [1.82, 2.24) is 10.2 Å². The average Bonchev–Trinajstić information content (AvgIpc) is 2.52. The summed E-state index contributed by atoms with van der Waals surface area (Å²) in [6.07, 6.45) is 1.14. The summed E-state index contributed by atoms with van der Waals surface area (Å²) in [7, 11) is 3.43. The number of hydrogen-bond acceptors (Lipinski definition) is 4. The number of benzene rings is 1. The third-order valence-corrected chi connectivity index (χ3v) is 4.09. The molecule has 1 atom stereocenters. The zero-order chi connectivity index (χ0) is 15.2. The third kappa shape index (κ3) is 4.11. The van der Waals surface area contributed by atoms with E-state index in [2.05, 4.69) is 30.1 Å². The molecule has 0 aromatic heterocycles. The van der Waals surface area contributed by atoms with Crippen LogP contribution in [-0.2, 0) is 0 Å². The van der Waals surface area contributed by atoms with Gasteiger partial charge in [0.1, 0.15) is 11.5 Å². The Morgan fingerprint density at radius 2 is 1.86 bits per heavy atom. The topological polar surface area (TPSA) is 33.7 Å². The van der Waals surface area contributed by atoms with E-state index >= 15 is 0 Å². The summed E-state index contributed by atoms with van der Waals surface area (Å²) in [6.45, 7) is 8.87. The van der Waals surface area contributed by atoms with Crippen molar-refractivity contribution in [3.05, 3.63) is 23.8 Å². The zero-order valence-corrected chi connectivity index (χ0v) is 13.7. The van der Waals surface area contributed by atoms with E-state index in [1.54, 1.807) is 14.2 Å². The smallest absolute Gasteiger partial charge is 0.127 e. The second kappa shape index (κ2) is 7.66. The molecule has 0 spiro atoms. The molecular formula is C17H28N2O2. The Labute approximate surface area is 128 Å². The van der Waals surface area contributed by atoms with Crippen LogP contribution >= 0.6 is 0 Å². The maximum absolute atomic E-state index is 5.62. The highest BCUT2D eigenvalue weighted by Crippen LogP contribution is 2.36. The fourth-order valence-electron chi connectivity index (χ4n) is 3.01. The van der Waals surface area contributed by atoms with Gasteiger partial charge in [0.25, 0.3) is 0 Å². The molecule has 0 unspecified atom stereocenters. The van der Waals surface area contributed by atoms with Crippen LogP contribution in [0, 0.1) is 5.92 Å². The second-order valence-corrected chi connectivity index (χ2v) is 6.04. The number of rotatable bonds is 6. The maximum Gasteiger partial charge on any atom is 0.127 e. The highest BCUT2D eigenvalue weighted by molar-refractivity contribution is 5.42. The zero-order valence-electron chi connectivity index (χ0n) is 13.7. The van der Waals surface area contributed by atoms with Gasteiger partial charge in [-0.15, -0.1) is 0 Å². The first kappa shape index (κ1) is 16.1. The van der Waals surface area contributed by atoms with Gasteiger partial charge in [0, 0.05) is 43.9 Å². The quantitative estimate of drug-likeness (QED) is 0.874. The molecule has 1 aliphatic rings. The third-order valence-electron chi connectivity index (χ3n) is 4.09. The average molecular weight is 292 g/mol.